The topological polar surface area (TPSA) is 29.5 Å². The number of benzene rings is 1. The maximum absolute atomic E-state index is 12.4. The Morgan fingerprint density at radius 2 is 2.00 bits per heavy atom. The average Bonchev–Trinajstić information content (AvgIpc) is 2.69. The smallest absolute Gasteiger partial charge is 0.313 e. The third kappa shape index (κ3) is 3.09. The zero-order chi connectivity index (χ0) is 15.0. The molecule has 0 amide bonds. The van der Waals surface area contributed by atoms with E-state index < -0.39 is 0 Å². The molecule has 2 aliphatic rings. The first-order valence-corrected chi connectivity index (χ1v) is 8.10. The van der Waals surface area contributed by atoms with Gasteiger partial charge in [0, 0.05) is 17.1 Å². The summed E-state index contributed by atoms with van der Waals surface area (Å²) in [5.41, 5.74) is 0.920. The van der Waals surface area contributed by atoms with Gasteiger partial charge in [-0.15, -0.1) is 0 Å². The van der Waals surface area contributed by atoms with Crippen LogP contribution in [0.2, 0.25) is 5.02 Å². The Hall–Kier alpha value is -1.06. The molecule has 21 heavy (non-hydrogen) atoms. The molecule has 1 aromatic rings. The van der Waals surface area contributed by atoms with Gasteiger partial charge < -0.3 is 9.64 Å². The zero-order valence-electron chi connectivity index (χ0n) is 12.6. The minimum Gasteiger partial charge on any atom is -0.462 e. The van der Waals surface area contributed by atoms with Crippen molar-refractivity contribution in [3.8, 4) is 0 Å². The quantitative estimate of drug-likeness (QED) is 0.799. The SMILES string of the molecule is CC(C(=O)OC1C[C@H]2CC[C@@H](C1)N2C)c1cccc(Cl)c1. The summed E-state index contributed by atoms with van der Waals surface area (Å²) in [7, 11) is 2.19. The second-order valence-electron chi connectivity index (χ2n) is 6.36. The lowest BCUT2D eigenvalue weighted by atomic mass is 9.99. The van der Waals surface area contributed by atoms with E-state index in [1.54, 1.807) is 0 Å². The molecule has 3 rings (SSSR count). The van der Waals surface area contributed by atoms with Gasteiger partial charge in [-0.25, -0.2) is 0 Å². The lowest BCUT2D eigenvalue weighted by molar-refractivity contribution is -0.153. The molecule has 114 valence electrons. The highest BCUT2D eigenvalue weighted by Crippen LogP contribution is 2.36. The minimum absolute atomic E-state index is 0.0767. The lowest BCUT2D eigenvalue weighted by Gasteiger charge is -2.36. The Kier molecular flexibility index (Phi) is 4.23. The summed E-state index contributed by atoms with van der Waals surface area (Å²) < 4.78 is 5.77. The monoisotopic (exact) mass is 307 g/mol. The van der Waals surface area contributed by atoms with Gasteiger partial charge in [-0.1, -0.05) is 23.7 Å². The van der Waals surface area contributed by atoms with Crippen molar-refractivity contribution in [3.63, 3.8) is 0 Å². The van der Waals surface area contributed by atoms with Gasteiger partial charge in [-0.3, -0.25) is 4.79 Å². The van der Waals surface area contributed by atoms with Gasteiger partial charge in [0.2, 0.25) is 0 Å². The van der Waals surface area contributed by atoms with Crippen molar-refractivity contribution in [2.24, 2.45) is 0 Å². The second-order valence-corrected chi connectivity index (χ2v) is 6.79. The number of hydrogen-bond acceptors (Lipinski definition) is 3. The van der Waals surface area contributed by atoms with Crippen molar-refractivity contribution in [2.75, 3.05) is 7.05 Å². The maximum Gasteiger partial charge on any atom is 0.313 e. The molecular weight excluding hydrogens is 286 g/mol. The average molecular weight is 308 g/mol. The maximum atomic E-state index is 12.4. The lowest BCUT2D eigenvalue weighted by Crippen LogP contribution is -2.43. The zero-order valence-corrected chi connectivity index (χ0v) is 13.3. The summed E-state index contributed by atoms with van der Waals surface area (Å²) in [6.45, 7) is 1.89. The summed E-state index contributed by atoms with van der Waals surface area (Å²) in [6, 6.07) is 8.63. The van der Waals surface area contributed by atoms with Crippen molar-refractivity contribution in [1.82, 2.24) is 4.90 Å². The van der Waals surface area contributed by atoms with Crippen LogP contribution in [-0.4, -0.2) is 36.1 Å². The number of nitrogens with zero attached hydrogens (tertiary/aromatic N) is 1. The van der Waals surface area contributed by atoms with Crippen LogP contribution in [-0.2, 0) is 9.53 Å². The van der Waals surface area contributed by atoms with Crippen LogP contribution >= 0.6 is 11.6 Å². The molecule has 2 fully saturated rings. The number of carbonyl (C=O) groups is 1. The molecule has 0 aliphatic carbocycles. The van der Waals surface area contributed by atoms with E-state index in [2.05, 4.69) is 11.9 Å². The summed E-state index contributed by atoms with van der Waals surface area (Å²) in [6.07, 6.45) is 4.49. The van der Waals surface area contributed by atoms with Crippen LogP contribution in [0.1, 0.15) is 44.1 Å². The Labute approximate surface area is 131 Å². The fourth-order valence-corrected chi connectivity index (χ4v) is 3.83. The molecule has 3 nitrogen and oxygen atoms in total. The van der Waals surface area contributed by atoms with Crippen LogP contribution in [0.3, 0.4) is 0 Å². The van der Waals surface area contributed by atoms with E-state index in [9.17, 15) is 4.79 Å². The fourth-order valence-electron chi connectivity index (χ4n) is 3.64. The normalized spacial score (nSPS) is 30.1. The molecule has 2 saturated heterocycles. The van der Waals surface area contributed by atoms with E-state index in [4.69, 9.17) is 16.3 Å². The standard InChI is InChI=1S/C17H22ClNO2/c1-11(12-4-3-5-13(18)8-12)17(20)21-16-9-14-6-7-15(10-16)19(14)2/h3-5,8,11,14-16H,6-7,9-10H2,1-2H3/t11?,14-,15+,16?. The number of rotatable bonds is 3. The highest BCUT2D eigenvalue weighted by molar-refractivity contribution is 6.30. The third-order valence-corrected chi connectivity index (χ3v) is 5.28. The van der Waals surface area contributed by atoms with E-state index in [1.807, 2.05) is 31.2 Å². The molecule has 0 saturated carbocycles. The van der Waals surface area contributed by atoms with Gasteiger partial charge >= 0.3 is 5.97 Å². The van der Waals surface area contributed by atoms with Crippen LogP contribution in [0, 0.1) is 0 Å². The summed E-state index contributed by atoms with van der Waals surface area (Å²) in [5, 5.41) is 0.657. The highest BCUT2D eigenvalue weighted by Gasteiger charge is 2.40. The molecule has 2 bridgehead atoms. The Morgan fingerprint density at radius 1 is 1.33 bits per heavy atom. The van der Waals surface area contributed by atoms with Crippen molar-refractivity contribution >= 4 is 17.6 Å². The molecule has 0 radical (unpaired) electrons. The number of fused-ring (bicyclic) bond motifs is 2. The number of piperidine rings is 1. The molecule has 2 heterocycles. The minimum atomic E-state index is -0.263. The number of esters is 1. The molecule has 1 aromatic carbocycles. The van der Waals surface area contributed by atoms with E-state index in [0.717, 1.165) is 18.4 Å². The van der Waals surface area contributed by atoms with Gasteiger partial charge in [-0.05, 0) is 57.4 Å². The highest BCUT2D eigenvalue weighted by atomic mass is 35.5. The van der Waals surface area contributed by atoms with Crippen molar-refractivity contribution < 1.29 is 9.53 Å². The van der Waals surface area contributed by atoms with Gasteiger partial charge in [0.25, 0.3) is 0 Å². The van der Waals surface area contributed by atoms with E-state index >= 15 is 0 Å². The number of ether oxygens (including phenoxy) is 1. The molecule has 2 unspecified atom stereocenters. The van der Waals surface area contributed by atoms with Crippen LogP contribution in [0.25, 0.3) is 0 Å². The van der Waals surface area contributed by atoms with Gasteiger partial charge in [-0.2, -0.15) is 0 Å². The van der Waals surface area contributed by atoms with Gasteiger partial charge in [0.05, 0.1) is 5.92 Å². The number of hydrogen-bond donors (Lipinski definition) is 0. The Morgan fingerprint density at radius 3 is 2.62 bits per heavy atom. The molecule has 2 aliphatic heterocycles. The van der Waals surface area contributed by atoms with Crippen LogP contribution in [0.5, 0.6) is 0 Å². The van der Waals surface area contributed by atoms with E-state index in [1.165, 1.54) is 12.8 Å². The molecule has 4 atom stereocenters. The third-order valence-electron chi connectivity index (χ3n) is 5.04. The summed E-state index contributed by atoms with van der Waals surface area (Å²) in [5.74, 6) is -0.396. The molecule has 0 spiro atoms. The van der Waals surface area contributed by atoms with Crippen molar-refractivity contribution in [3.05, 3.63) is 34.9 Å². The van der Waals surface area contributed by atoms with Crippen LogP contribution < -0.4 is 0 Å². The predicted molar refractivity (Wildman–Crippen MR) is 83.6 cm³/mol. The largest absolute Gasteiger partial charge is 0.462 e. The first-order chi connectivity index (χ1) is 10.0. The first kappa shape index (κ1) is 14.9. The fraction of sp³-hybridized carbons (Fsp3) is 0.588. The van der Waals surface area contributed by atoms with Gasteiger partial charge in [0.15, 0.2) is 0 Å². The summed E-state index contributed by atoms with van der Waals surface area (Å²) in [4.78, 5) is 14.8. The van der Waals surface area contributed by atoms with E-state index in [0.29, 0.717) is 17.1 Å². The molecular formula is C17H22ClNO2. The number of halogens is 1. The van der Waals surface area contributed by atoms with E-state index in [-0.39, 0.29) is 18.0 Å². The molecule has 0 N–H and O–H groups in total. The van der Waals surface area contributed by atoms with Crippen molar-refractivity contribution in [1.29, 1.82) is 0 Å². The summed E-state index contributed by atoms with van der Waals surface area (Å²) >= 11 is 5.99. The molecule has 0 aromatic heterocycles. The first-order valence-electron chi connectivity index (χ1n) is 7.72. The Bertz CT molecular complexity index is 519. The second kappa shape index (κ2) is 5.98. The number of carbonyl (C=O) groups excluding carboxylic acids is 1. The Balaban J connectivity index is 1.62. The van der Waals surface area contributed by atoms with Gasteiger partial charge in [0.1, 0.15) is 6.10 Å². The van der Waals surface area contributed by atoms with Crippen LogP contribution in [0.4, 0.5) is 0 Å². The predicted octanol–water partition coefficient (Wildman–Crippen LogP) is 3.61. The molecule has 4 heteroatoms. The van der Waals surface area contributed by atoms with Crippen molar-refractivity contribution in [2.45, 2.75) is 56.7 Å². The van der Waals surface area contributed by atoms with Crippen LogP contribution in [0.15, 0.2) is 24.3 Å².